The molecule has 1 aromatic carbocycles. The van der Waals surface area contributed by atoms with Crippen LogP contribution in [-0.2, 0) is 23.1 Å². The highest BCUT2D eigenvalue weighted by molar-refractivity contribution is 5.85. The number of fused-ring (bicyclic) bond motifs is 1. The van der Waals surface area contributed by atoms with Crippen molar-refractivity contribution in [1.82, 2.24) is 9.88 Å². The van der Waals surface area contributed by atoms with Crippen LogP contribution in [0.25, 0.3) is 10.9 Å². The van der Waals surface area contributed by atoms with Gasteiger partial charge < -0.3 is 15.0 Å². The number of aryl methyl sites for hydroxylation is 2. The van der Waals surface area contributed by atoms with Gasteiger partial charge in [0.15, 0.2) is 0 Å². The number of carboxylic acids is 1. The van der Waals surface area contributed by atoms with E-state index in [0.29, 0.717) is 12.8 Å². The second kappa shape index (κ2) is 5.56. The van der Waals surface area contributed by atoms with Crippen LogP contribution >= 0.6 is 0 Å². The number of hydrogen-bond acceptors (Lipinski definition) is 2. The fourth-order valence-corrected chi connectivity index (χ4v) is 2.14. The van der Waals surface area contributed by atoms with Gasteiger partial charge in [0.1, 0.15) is 6.54 Å². The molecule has 0 aliphatic rings. The first-order chi connectivity index (χ1) is 9.08. The summed E-state index contributed by atoms with van der Waals surface area (Å²) in [4.78, 5) is 21.8. The van der Waals surface area contributed by atoms with Gasteiger partial charge in [0.2, 0.25) is 5.91 Å². The van der Waals surface area contributed by atoms with Crippen molar-refractivity contribution in [1.29, 1.82) is 0 Å². The number of nitrogens with one attached hydrogen (secondary N) is 1. The molecule has 0 aliphatic carbocycles. The lowest BCUT2D eigenvalue weighted by atomic mass is 10.1. The lowest BCUT2D eigenvalue weighted by molar-refractivity contribution is -0.137. The maximum Gasteiger partial charge on any atom is 0.322 e. The second-order valence-corrected chi connectivity index (χ2v) is 4.45. The topological polar surface area (TPSA) is 71.3 Å². The highest BCUT2D eigenvalue weighted by Gasteiger charge is 2.09. The highest BCUT2D eigenvalue weighted by Crippen LogP contribution is 2.21. The maximum atomic E-state index is 11.5. The Morgan fingerprint density at radius 2 is 2.05 bits per heavy atom. The molecule has 1 aromatic heterocycles. The van der Waals surface area contributed by atoms with Crippen LogP contribution in [0.2, 0.25) is 0 Å². The molecule has 5 heteroatoms. The molecule has 0 fully saturated rings. The first-order valence-electron chi connectivity index (χ1n) is 6.09. The SMILES string of the molecule is Cn1cc(CCC(=O)NCC(=O)O)c2ccccc21. The summed E-state index contributed by atoms with van der Waals surface area (Å²) in [6.07, 6.45) is 2.91. The number of carbonyl (C=O) groups is 2. The van der Waals surface area contributed by atoms with Gasteiger partial charge in [-0.1, -0.05) is 18.2 Å². The number of para-hydroxylation sites is 1. The van der Waals surface area contributed by atoms with E-state index in [1.807, 2.05) is 42.1 Å². The van der Waals surface area contributed by atoms with Crippen molar-refractivity contribution in [2.75, 3.05) is 6.54 Å². The zero-order valence-corrected chi connectivity index (χ0v) is 10.7. The van der Waals surface area contributed by atoms with Gasteiger partial charge in [0, 0.05) is 30.6 Å². The molecule has 100 valence electrons. The summed E-state index contributed by atoms with van der Waals surface area (Å²) in [6.45, 7) is -0.325. The first kappa shape index (κ1) is 13.1. The molecule has 0 saturated carbocycles. The van der Waals surface area contributed by atoms with Crippen LogP contribution in [0.4, 0.5) is 0 Å². The molecule has 0 atom stereocenters. The number of aromatic nitrogens is 1. The van der Waals surface area contributed by atoms with Crippen LogP contribution < -0.4 is 5.32 Å². The number of aliphatic carboxylic acids is 1. The van der Waals surface area contributed by atoms with Gasteiger partial charge >= 0.3 is 5.97 Å². The molecule has 0 radical (unpaired) electrons. The number of benzene rings is 1. The summed E-state index contributed by atoms with van der Waals surface area (Å²) in [5.74, 6) is -1.27. The molecule has 5 nitrogen and oxygen atoms in total. The molecule has 2 N–H and O–H groups in total. The van der Waals surface area contributed by atoms with E-state index < -0.39 is 5.97 Å². The Kier molecular flexibility index (Phi) is 3.85. The average molecular weight is 260 g/mol. The third kappa shape index (κ3) is 3.13. The molecule has 0 bridgehead atoms. The van der Waals surface area contributed by atoms with Crippen LogP contribution in [0.5, 0.6) is 0 Å². The fraction of sp³-hybridized carbons (Fsp3) is 0.286. The fourth-order valence-electron chi connectivity index (χ4n) is 2.14. The summed E-state index contributed by atoms with van der Waals surface area (Å²) < 4.78 is 2.03. The van der Waals surface area contributed by atoms with Crippen molar-refractivity contribution in [3.8, 4) is 0 Å². The van der Waals surface area contributed by atoms with Crippen molar-refractivity contribution < 1.29 is 14.7 Å². The molecule has 0 aliphatic heterocycles. The Balaban J connectivity index is 2.02. The number of carbonyl (C=O) groups excluding carboxylic acids is 1. The van der Waals surface area contributed by atoms with E-state index in [-0.39, 0.29) is 12.5 Å². The molecular weight excluding hydrogens is 244 g/mol. The predicted octanol–water partition coefficient (Wildman–Crippen LogP) is 1.31. The van der Waals surface area contributed by atoms with Gasteiger partial charge in [0.05, 0.1) is 0 Å². The van der Waals surface area contributed by atoms with Gasteiger partial charge in [-0.15, -0.1) is 0 Å². The molecule has 1 heterocycles. The molecule has 0 saturated heterocycles. The van der Waals surface area contributed by atoms with E-state index >= 15 is 0 Å². The van der Waals surface area contributed by atoms with E-state index in [1.54, 1.807) is 0 Å². The van der Waals surface area contributed by atoms with Crippen molar-refractivity contribution >= 4 is 22.8 Å². The lowest BCUT2D eigenvalue weighted by Crippen LogP contribution is -2.29. The summed E-state index contributed by atoms with van der Waals surface area (Å²) in [6, 6.07) is 8.01. The van der Waals surface area contributed by atoms with Gasteiger partial charge in [-0.3, -0.25) is 9.59 Å². The smallest absolute Gasteiger partial charge is 0.322 e. The van der Waals surface area contributed by atoms with Crippen molar-refractivity contribution in [2.24, 2.45) is 7.05 Å². The monoisotopic (exact) mass is 260 g/mol. The van der Waals surface area contributed by atoms with Gasteiger partial charge in [-0.2, -0.15) is 0 Å². The van der Waals surface area contributed by atoms with E-state index in [2.05, 4.69) is 5.32 Å². The molecule has 0 spiro atoms. The van der Waals surface area contributed by atoms with Crippen molar-refractivity contribution in [3.05, 3.63) is 36.0 Å². The zero-order chi connectivity index (χ0) is 13.8. The van der Waals surface area contributed by atoms with E-state index in [0.717, 1.165) is 16.5 Å². The molecule has 19 heavy (non-hydrogen) atoms. The lowest BCUT2D eigenvalue weighted by Gasteiger charge is -2.01. The normalized spacial score (nSPS) is 10.6. The van der Waals surface area contributed by atoms with Crippen LogP contribution in [0.15, 0.2) is 30.5 Å². The Labute approximate surface area is 110 Å². The largest absolute Gasteiger partial charge is 0.480 e. The van der Waals surface area contributed by atoms with E-state index in [9.17, 15) is 9.59 Å². The van der Waals surface area contributed by atoms with Crippen LogP contribution in [0, 0.1) is 0 Å². The molecule has 0 unspecified atom stereocenters. The summed E-state index contributed by atoms with van der Waals surface area (Å²) in [7, 11) is 1.97. The standard InChI is InChI=1S/C14H16N2O3/c1-16-9-10(11-4-2-3-5-12(11)16)6-7-13(17)15-8-14(18)19/h2-5,9H,6-8H2,1H3,(H,15,17)(H,18,19). The van der Waals surface area contributed by atoms with Crippen molar-refractivity contribution in [3.63, 3.8) is 0 Å². The first-order valence-corrected chi connectivity index (χ1v) is 6.09. The van der Waals surface area contributed by atoms with Gasteiger partial charge in [-0.25, -0.2) is 0 Å². The quantitative estimate of drug-likeness (QED) is 0.851. The zero-order valence-electron chi connectivity index (χ0n) is 10.7. The summed E-state index contributed by atoms with van der Waals surface area (Å²) >= 11 is 0. The van der Waals surface area contributed by atoms with Gasteiger partial charge in [0.25, 0.3) is 0 Å². The number of rotatable bonds is 5. The van der Waals surface area contributed by atoms with Gasteiger partial charge in [-0.05, 0) is 18.1 Å². The Bertz CT molecular complexity index is 616. The number of hydrogen-bond donors (Lipinski definition) is 2. The van der Waals surface area contributed by atoms with Crippen molar-refractivity contribution in [2.45, 2.75) is 12.8 Å². The number of nitrogens with zero attached hydrogens (tertiary/aromatic N) is 1. The minimum atomic E-state index is -1.03. The maximum absolute atomic E-state index is 11.5. The van der Waals surface area contributed by atoms with Crippen LogP contribution in [0.1, 0.15) is 12.0 Å². The van der Waals surface area contributed by atoms with Crippen LogP contribution in [0.3, 0.4) is 0 Å². The Morgan fingerprint density at radius 3 is 2.79 bits per heavy atom. The molecule has 1 amide bonds. The second-order valence-electron chi connectivity index (χ2n) is 4.45. The van der Waals surface area contributed by atoms with E-state index in [4.69, 9.17) is 5.11 Å². The molecule has 2 rings (SSSR count). The third-order valence-corrected chi connectivity index (χ3v) is 3.04. The minimum absolute atomic E-state index is 0.240. The molecule has 2 aromatic rings. The third-order valence-electron chi connectivity index (χ3n) is 3.04. The summed E-state index contributed by atoms with van der Waals surface area (Å²) in [5.41, 5.74) is 2.23. The van der Waals surface area contributed by atoms with Crippen LogP contribution in [-0.4, -0.2) is 28.1 Å². The Morgan fingerprint density at radius 1 is 1.32 bits per heavy atom. The molecular formula is C14H16N2O3. The minimum Gasteiger partial charge on any atom is -0.480 e. The highest BCUT2D eigenvalue weighted by atomic mass is 16.4. The summed E-state index contributed by atoms with van der Waals surface area (Å²) in [5, 5.41) is 12.0. The Hall–Kier alpha value is -2.30. The number of amides is 1. The predicted molar refractivity (Wildman–Crippen MR) is 71.9 cm³/mol. The van der Waals surface area contributed by atoms with E-state index in [1.165, 1.54) is 0 Å². The average Bonchev–Trinajstić information content (AvgIpc) is 2.71. The number of carboxylic acid groups (broad SMARTS) is 1.